The van der Waals surface area contributed by atoms with E-state index in [4.69, 9.17) is 11.6 Å². The zero-order valence-electron chi connectivity index (χ0n) is 13.1. The van der Waals surface area contributed by atoms with Gasteiger partial charge in [0.1, 0.15) is 5.75 Å². The van der Waals surface area contributed by atoms with Crippen LogP contribution in [0.1, 0.15) is 19.4 Å². The third kappa shape index (κ3) is 4.70. The molecular formula is C17H20ClNO3S. The fourth-order valence-electron chi connectivity index (χ4n) is 2.22. The number of benzene rings is 2. The molecule has 0 bridgehead atoms. The van der Waals surface area contributed by atoms with E-state index >= 15 is 0 Å². The normalized spacial score (nSPS) is 12.0. The van der Waals surface area contributed by atoms with Gasteiger partial charge >= 0.3 is 0 Å². The molecule has 0 fully saturated rings. The Morgan fingerprint density at radius 2 is 1.61 bits per heavy atom. The van der Waals surface area contributed by atoms with E-state index in [9.17, 15) is 13.5 Å². The van der Waals surface area contributed by atoms with Gasteiger partial charge in [0, 0.05) is 18.1 Å². The summed E-state index contributed by atoms with van der Waals surface area (Å²) in [6, 6.07) is 12.7. The molecule has 0 radical (unpaired) electrons. The molecule has 2 aromatic rings. The summed E-state index contributed by atoms with van der Waals surface area (Å²) in [6.45, 7) is 4.63. The van der Waals surface area contributed by atoms with Crippen molar-refractivity contribution < 1.29 is 13.5 Å². The van der Waals surface area contributed by atoms with Crippen LogP contribution in [-0.4, -0.2) is 24.4 Å². The van der Waals surface area contributed by atoms with Gasteiger partial charge in [-0.25, -0.2) is 8.42 Å². The molecule has 0 aliphatic rings. The molecule has 1 N–H and O–H groups in total. The van der Waals surface area contributed by atoms with Gasteiger partial charge in [0.15, 0.2) is 0 Å². The predicted molar refractivity (Wildman–Crippen MR) is 92.0 cm³/mol. The summed E-state index contributed by atoms with van der Waals surface area (Å²) >= 11 is 5.88. The number of aromatic hydroxyl groups is 1. The van der Waals surface area contributed by atoms with Crippen LogP contribution in [0.25, 0.3) is 0 Å². The van der Waals surface area contributed by atoms with Crippen molar-refractivity contribution >= 4 is 21.6 Å². The lowest BCUT2D eigenvalue weighted by Gasteiger charge is -2.24. The Bertz CT molecular complexity index is 740. The van der Waals surface area contributed by atoms with Gasteiger partial charge in [-0.3, -0.25) is 0 Å². The van der Waals surface area contributed by atoms with E-state index < -0.39 is 10.0 Å². The lowest BCUT2D eigenvalue weighted by Crippen LogP contribution is -2.33. The number of sulfonamides is 1. The SMILES string of the molecule is CC(C)CN(Cc1ccc(Cl)cc1)S(=O)(=O)c1ccc(O)cc1. The summed E-state index contributed by atoms with van der Waals surface area (Å²) in [5.41, 5.74) is 0.873. The molecular weight excluding hydrogens is 334 g/mol. The van der Waals surface area contributed by atoms with Crippen molar-refractivity contribution in [3.05, 3.63) is 59.1 Å². The topological polar surface area (TPSA) is 57.6 Å². The number of rotatable bonds is 6. The maximum absolute atomic E-state index is 12.9. The minimum absolute atomic E-state index is 0.0389. The minimum atomic E-state index is -3.63. The van der Waals surface area contributed by atoms with Gasteiger partial charge < -0.3 is 5.11 Å². The summed E-state index contributed by atoms with van der Waals surface area (Å²) in [4.78, 5) is 0.171. The van der Waals surface area contributed by atoms with Crippen LogP contribution < -0.4 is 0 Å². The first-order valence-electron chi connectivity index (χ1n) is 7.32. The fourth-order valence-corrected chi connectivity index (χ4v) is 3.93. The molecule has 6 heteroatoms. The molecule has 2 rings (SSSR count). The quantitative estimate of drug-likeness (QED) is 0.857. The summed E-state index contributed by atoms with van der Waals surface area (Å²) in [5.74, 6) is 0.228. The Morgan fingerprint density at radius 1 is 1.04 bits per heavy atom. The first-order valence-corrected chi connectivity index (χ1v) is 9.14. The molecule has 0 amide bonds. The molecule has 0 aliphatic heterocycles. The molecule has 0 heterocycles. The summed E-state index contributed by atoms with van der Waals surface area (Å²) in [7, 11) is -3.63. The first kappa shape index (κ1) is 17.8. The molecule has 0 unspecified atom stereocenters. The second-order valence-corrected chi connectivity index (χ2v) is 8.19. The number of hydrogen-bond acceptors (Lipinski definition) is 3. The van der Waals surface area contributed by atoms with Crippen molar-refractivity contribution in [2.24, 2.45) is 5.92 Å². The monoisotopic (exact) mass is 353 g/mol. The molecule has 0 saturated heterocycles. The lowest BCUT2D eigenvalue weighted by atomic mass is 10.2. The zero-order valence-corrected chi connectivity index (χ0v) is 14.7. The Morgan fingerprint density at radius 3 is 2.13 bits per heavy atom. The largest absolute Gasteiger partial charge is 0.508 e. The number of phenolic OH excluding ortho intramolecular Hbond substituents is 1. The van der Waals surface area contributed by atoms with E-state index in [2.05, 4.69) is 0 Å². The van der Waals surface area contributed by atoms with Crippen LogP contribution in [0.3, 0.4) is 0 Å². The standard InChI is InChI=1S/C17H20ClNO3S/c1-13(2)11-19(12-14-3-5-15(18)6-4-14)23(21,22)17-9-7-16(20)8-10-17/h3-10,13,20H,11-12H2,1-2H3. The van der Waals surface area contributed by atoms with Gasteiger partial charge in [-0.15, -0.1) is 0 Å². The van der Waals surface area contributed by atoms with E-state index in [1.165, 1.54) is 28.6 Å². The van der Waals surface area contributed by atoms with E-state index in [-0.39, 0.29) is 23.1 Å². The van der Waals surface area contributed by atoms with E-state index in [1.807, 2.05) is 26.0 Å². The number of nitrogens with zero attached hydrogens (tertiary/aromatic N) is 1. The molecule has 0 spiro atoms. The Hall–Kier alpha value is -1.56. The van der Waals surface area contributed by atoms with Crippen LogP contribution in [0.2, 0.25) is 5.02 Å². The number of phenols is 1. The minimum Gasteiger partial charge on any atom is -0.508 e. The maximum Gasteiger partial charge on any atom is 0.243 e. The summed E-state index contributed by atoms with van der Waals surface area (Å²) in [5, 5.41) is 9.96. The van der Waals surface area contributed by atoms with E-state index in [1.54, 1.807) is 12.1 Å². The predicted octanol–water partition coefficient (Wildman–Crippen LogP) is 3.89. The molecule has 23 heavy (non-hydrogen) atoms. The molecule has 0 aliphatic carbocycles. The molecule has 2 aromatic carbocycles. The van der Waals surface area contributed by atoms with Crippen LogP contribution in [-0.2, 0) is 16.6 Å². The third-order valence-corrected chi connectivity index (χ3v) is 5.39. The summed E-state index contributed by atoms with van der Waals surface area (Å²) in [6.07, 6.45) is 0. The van der Waals surface area contributed by atoms with Crippen LogP contribution in [0.5, 0.6) is 5.75 Å². The second-order valence-electron chi connectivity index (χ2n) is 5.81. The highest BCUT2D eigenvalue weighted by Gasteiger charge is 2.25. The smallest absolute Gasteiger partial charge is 0.243 e. The highest BCUT2D eigenvalue weighted by Crippen LogP contribution is 2.22. The Kier molecular flexibility index (Phi) is 5.68. The van der Waals surface area contributed by atoms with Crippen LogP contribution >= 0.6 is 11.6 Å². The van der Waals surface area contributed by atoms with Gasteiger partial charge in [-0.1, -0.05) is 37.6 Å². The highest BCUT2D eigenvalue weighted by atomic mass is 35.5. The number of halogens is 1. The Labute approximate surface area is 142 Å². The van der Waals surface area contributed by atoms with Crippen LogP contribution in [0, 0.1) is 5.92 Å². The number of hydrogen-bond donors (Lipinski definition) is 1. The highest BCUT2D eigenvalue weighted by molar-refractivity contribution is 7.89. The molecule has 124 valence electrons. The molecule has 0 aromatic heterocycles. The fraction of sp³-hybridized carbons (Fsp3) is 0.294. The van der Waals surface area contributed by atoms with Crippen molar-refractivity contribution in [2.75, 3.05) is 6.54 Å². The van der Waals surface area contributed by atoms with Crippen molar-refractivity contribution in [1.29, 1.82) is 0 Å². The van der Waals surface area contributed by atoms with E-state index in [0.717, 1.165) is 5.56 Å². The van der Waals surface area contributed by atoms with Crippen molar-refractivity contribution in [2.45, 2.75) is 25.3 Å². The van der Waals surface area contributed by atoms with Gasteiger partial charge in [0.2, 0.25) is 10.0 Å². The van der Waals surface area contributed by atoms with Crippen molar-refractivity contribution in [1.82, 2.24) is 4.31 Å². The van der Waals surface area contributed by atoms with Crippen LogP contribution in [0.15, 0.2) is 53.4 Å². The van der Waals surface area contributed by atoms with E-state index in [0.29, 0.717) is 11.6 Å². The first-order chi connectivity index (χ1) is 10.8. The average Bonchev–Trinajstić information content (AvgIpc) is 2.49. The molecule has 0 saturated carbocycles. The zero-order chi connectivity index (χ0) is 17.0. The van der Waals surface area contributed by atoms with Crippen LogP contribution in [0.4, 0.5) is 0 Å². The van der Waals surface area contributed by atoms with Crippen molar-refractivity contribution in [3.63, 3.8) is 0 Å². The Balaban J connectivity index is 2.33. The maximum atomic E-state index is 12.9. The molecule has 4 nitrogen and oxygen atoms in total. The lowest BCUT2D eigenvalue weighted by molar-refractivity contribution is 0.362. The average molecular weight is 354 g/mol. The van der Waals surface area contributed by atoms with Gasteiger partial charge in [0.25, 0.3) is 0 Å². The van der Waals surface area contributed by atoms with Crippen molar-refractivity contribution in [3.8, 4) is 5.75 Å². The third-order valence-electron chi connectivity index (χ3n) is 3.32. The second kappa shape index (κ2) is 7.34. The summed E-state index contributed by atoms with van der Waals surface area (Å²) < 4.78 is 27.2. The van der Waals surface area contributed by atoms with Gasteiger partial charge in [-0.2, -0.15) is 4.31 Å². The van der Waals surface area contributed by atoms with Gasteiger partial charge in [0.05, 0.1) is 4.90 Å². The van der Waals surface area contributed by atoms with Gasteiger partial charge in [-0.05, 0) is 47.9 Å². The molecule has 0 atom stereocenters.